The number of nitrogen functional groups attached to an aromatic ring is 1. The number of aryl methyl sites for hydroxylation is 2. The van der Waals surface area contributed by atoms with Crippen molar-refractivity contribution in [2.75, 3.05) is 11.5 Å². The van der Waals surface area contributed by atoms with Crippen molar-refractivity contribution in [1.82, 2.24) is 19.6 Å². The summed E-state index contributed by atoms with van der Waals surface area (Å²) in [6, 6.07) is -1.06. The normalized spacial score (nSPS) is 21.0. The smallest absolute Gasteiger partial charge is 0.347 e. The average molecular weight is 618 g/mol. The number of carbonyl (C=O) groups excluding carboxylic acids is 3. The van der Waals surface area contributed by atoms with Gasteiger partial charge in [0.2, 0.25) is 17.3 Å². The molecule has 0 spiro atoms. The first-order chi connectivity index (χ1) is 19.6. The Bertz CT molecular complexity index is 1670. The van der Waals surface area contributed by atoms with Gasteiger partial charge < -0.3 is 30.9 Å². The molecule has 6 rings (SSSR count). The summed E-state index contributed by atoms with van der Waals surface area (Å²) < 4.78 is 4.05. The predicted molar refractivity (Wildman–Crippen MR) is 146 cm³/mol. The van der Waals surface area contributed by atoms with E-state index in [0.29, 0.717) is 11.3 Å². The Kier molecular flexibility index (Phi) is 6.95. The number of aromatic nitrogens is 3. The Labute approximate surface area is 244 Å². The summed E-state index contributed by atoms with van der Waals surface area (Å²) in [5.41, 5.74) is 6.96. The van der Waals surface area contributed by atoms with Gasteiger partial charge in [-0.3, -0.25) is 14.5 Å². The molecule has 41 heavy (non-hydrogen) atoms. The van der Waals surface area contributed by atoms with Gasteiger partial charge in [-0.1, -0.05) is 16.5 Å². The summed E-state index contributed by atoms with van der Waals surface area (Å²) in [4.78, 5) is 62.2. The fourth-order valence-electron chi connectivity index (χ4n) is 5.00. The van der Waals surface area contributed by atoms with Crippen LogP contribution in [0.25, 0.3) is 4.83 Å². The van der Waals surface area contributed by atoms with Gasteiger partial charge in [-0.05, 0) is 19.8 Å². The molecule has 1 aliphatic carbocycles. The molecule has 3 aromatic heterocycles. The number of carbonyl (C=O) groups is 4. The fourth-order valence-corrected chi connectivity index (χ4v) is 8.14. The van der Waals surface area contributed by atoms with Crippen molar-refractivity contribution >= 4 is 73.9 Å². The highest BCUT2D eigenvalue weighted by Crippen LogP contribution is 2.40. The van der Waals surface area contributed by atoms with Gasteiger partial charge in [0.1, 0.15) is 35.5 Å². The van der Waals surface area contributed by atoms with Crippen molar-refractivity contribution < 1.29 is 38.8 Å². The summed E-state index contributed by atoms with van der Waals surface area (Å²) >= 11 is 4.09. The predicted octanol–water partition coefficient (Wildman–Crippen LogP) is -0.886. The van der Waals surface area contributed by atoms with E-state index in [1.54, 1.807) is 11.3 Å². The lowest BCUT2D eigenvalue weighted by molar-refractivity contribution is -0.687. The van der Waals surface area contributed by atoms with Crippen LogP contribution in [0.3, 0.4) is 0 Å². The Balaban J connectivity index is 1.20. The number of aliphatic carboxylic acids is 2. The summed E-state index contributed by atoms with van der Waals surface area (Å²) in [7, 11) is 0. The first-order valence-corrected chi connectivity index (χ1v) is 15.3. The Hall–Kier alpha value is -3.96. The molecule has 3 aliphatic rings. The summed E-state index contributed by atoms with van der Waals surface area (Å²) in [5.74, 6) is -3.93. The SMILES string of the molecule is C[C@H](O/N=C(\C(=O)N[C@@H]1C(=O)N2C(C(=O)[O-])=C(C[n+]3cc4sc5c(n4c3)CCC5)CS[C@H]12)c1csc(N)n1)C(=O)O. The molecule has 214 valence electrons. The number of nitrogens with two attached hydrogens (primary N) is 1. The zero-order valence-electron chi connectivity index (χ0n) is 21.4. The van der Waals surface area contributed by atoms with Crippen LogP contribution in [0.1, 0.15) is 29.6 Å². The number of rotatable bonds is 9. The largest absolute Gasteiger partial charge is 0.543 e. The molecule has 0 saturated carbocycles. The number of nitrogens with zero attached hydrogens (tertiary/aromatic N) is 5. The van der Waals surface area contributed by atoms with Gasteiger partial charge in [0, 0.05) is 23.1 Å². The lowest BCUT2D eigenvalue weighted by atomic mass is 10.0. The van der Waals surface area contributed by atoms with E-state index < -0.39 is 41.3 Å². The van der Waals surface area contributed by atoms with Gasteiger partial charge in [-0.25, -0.2) is 14.3 Å². The number of hydrogen-bond donors (Lipinski definition) is 3. The van der Waals surface area contributed by atoms with E-state index in [4.69, 9.17) is 15.7 Å². The van der Waals surface area contributed by atoms with E-state index in [1.165, 1.54) is 34.6 Å². The molecule has 1 saturated heterocycles. The highest BCUT2D eigenvalue weighted by molar-refractivity contribution is 8.00. The van der Waals surface area contributed by atoms with Crippen LogP contribution in [-0.4, -0.2) is 72.1 Å². The first-order valence-electron chi connectivity index (χ1n) is 12.5. The second kappa shape index (κ2) is 10.5. The molecule has 3 aromatic rings. The van der Waals surface area contributed by atoms with Crippen LogP contribution in [0, 0.1) is 0 Å². The number of carboxylic acid groups (broad SMARTS) is 2. The van der Waals surface area contributed by atoms with Gasteiger partial charge in [0.25, 0.3) is 11.8 Å². The summed E-state index contributed by atoms with van der Waals surface area (Å²) in [6.07, 6.45) is 5.79. The monoisotopic (exact) mass is 617 g/mol. The van der Waals surface area contributed by atoms with Crippen LogP contribution in [0.15, 0.2) is 34.3 Å². The number of imidazole rings is 1. The lowest BCUT2D eigenvalue weighted by Gasteiger charge is -2.50. The number of thiazole rings is 2. The van der Waals surface area contributed by atoms with Crippen LogP contribution < -0.4 is 20.7 Å². The summed E-state index contributed by atoms with van der Waals surface area (Å²) in [5, 5.41) is 28.4. The number of anilines is 1. The van der Waals surface area contributed by atoms with Crippen molar-refractivity contribution in [3.05, 3.63) is 45.4 Å². The van der Waals surface area contributed by atoms with Gasteiger partial charge >= 0.3 is 5.97 Å². The number of β-lactam (4-membered cyclic amide) rings is 1. The molecule has 17 heteroatoms. The van der Waals surface area contributed by atoms with Crippen molar-refractivity contribution in [2.24, 2.45) is 5.16 Å². The van der Waals surface area contributed by atoms with Gasteiger partial charge in [-0.2, -0.15) is 4.40 Å². The van der Waals surface area contributed by atoms with Crippen molar-refractivity contribution in [3.8, 4) is 0 Å². The third-order valence-corrected chi connectivity index (χ3v) is 10.2. The maximum Gasteiger partial charge on any atom is 0.347 e. The quantitative estimate of drug-likeness (QED) is 0.117. The number of amides is 2. The minimum atomic E-state index is -1.47. The molecular weight excluding hydrogens is 595 g/mol. The molecule has 2 aliphatic heterocycles. The maximum atomic E-state index is 13.2. The minimum Gasteiger partial charge on any atom is -0.543 e. The van der Waals surface area contributed by atoms with E-state index >= 15 is 0 Å². The fraction of sp³-hybridized carbons (Fsp3) is 0.375. The Morgan fingerprint density at radius 1 is 1.39 bits per heavy atom. The van der Waals surface area contributed by atoms with Crippen LogP contribution in [0.5, 0.6) is 0 Å². The summed E-state index contributed by atoms with van der Waals surface area (Å²) in [6.45, 7) is 1.50. The topological polar surface area (TPSA) is 196 Å². The van der Waals surface area contributed by atoms with Gasteiger partial charge in [0.15, 0.2) is 10.8 Å². The molecule has 4 N–H and O–H groups in total. The highest BCUT2D eigenvalue weighted by atomic mass is 32.2. The second-order valence-electron chi connectivity index (χ2n) is 9.65. The number of fused-ring (bicyclic) bond motifs is 4. The molecule has 1 fully saturated rings. The Morgan fingerprint density at radius 2 is 2.20 bits per heavy atom. The van der Waals surface area contributed by atoms with Crippen LogP contribution >= 0.6 is 34.4 Å². The van der Waals surface area contributed by atoms with Gasteiger partial charge in [-0.15, -0.1) is 23.1 Å². The lowest BCUT2D eigenvalue weighted by Crippen LogP contribution is -2.71. The second-order valence-corrected chi connectivity index (χ2v) is 12.8. The van der Waals surface area contributed by atoms with Crippen molar-refractivity contribution in [2.45, 2.75) is 50.3 Å². The zero-order valence-corrected chi connectivity index (χ0v) is 23.9. The average Bonchev–Trinajstić information content (AvgIpc) is 3.70. The number of carboxylic acids is 2. The molecule has 0 bridgehead atoms. The number of hydrogen-bond acceptors (Lipinski definition) is 12. The first kappa shape index (κ1) is 27.2. The number of nitrogens with one attached hydrogen (secondary N) is 1. The molecule has 0 unspecified atom stereocenters. The maximum absolute atomic E-state index is 13.2. The highest BCUT2D eigenvalue weighted by Gasteiger charge is 2.53. The molecule has 0 aromatic carbocycles. The molecule has 14 nitrogen and oxygen atoms in total. The Morgan fingerprint density at radius 3 is 2.90 bits per heavy atom. The van der Waals surface area contributed by atoms with Crippen LogP contribution in [0.4, 0.5) is 5.13 Å². The van der Waals surface area contributed by atoms with E-state index in [0.717, 1.165) is 40.3 Å². The third-order valence-electron chi connectivity index (χ3n) is 6.97. The minimum absolute atomic E-state index is 0.0373. The van der Waals surface area contributed by atoms with Crippen molar-refractivity contribution in [1.29, 1.82) is 0 Å². The van der Waals surface area contributed by atoms with E-state index in [-0.39, 0.29) is 28.8 Å². The van der Waals surface area contributed by atoms with E-state index in [1.807, 2.05) is 17.1 Å². The zero-order chi connectivity index (χ0) is 29.0. The van der Waals surface area contributed by atoms with Crippen LogP contribution in [0.2, 0.25) is 0 Å². The third kappa shape index (κ3) is 4.82. The van der Waals surface area contributed by atoms with E-state index in [9.17, 15) is 24.3 Å². The molecule has 0 radical (unpaired) electrons. The number of thioether (sulfide) groups is 1. The molecule has 5 heterocycles. The molecule has 2 amide bonds. The van der Waals surface area contributed by atoms with E-state index in [2.05, 4.69) is 19.9 Å². The standard InChI is InChI=1S/C24H23N7O7S3/c1-10(22(34)35)38-28-16(12-8-40-24(25)26-12)19(32)27-17-20(33)31-18(23(36)37)11(7-39-21(17)31)5-29-6-15-30(9-29)13-3-2-4-14(13)41-15/h6,8-10,17,21H,2-5,7H2,1H3,(H4-,25,26,27,32,34,35,36,37)/b28-16-/t10-,17+,21+/m0/s1. The number of oxime groups is 1. The molecule has 3 atom stereocenters. The molecular formula is C24H23N7O7S3. The van der Waals surface area contributed by atoms with Crippen molar-refractivity contribution in [3.63, 3.8) is 0 Å². The van der Waals surface area contributed by atoms with Gasteiger partial charge in [0.05, 0.1) is 16.5 Å². The van der Waals surface area contributed by atoms with Crippen LogP contribution in [-0.2, 0) is 43.4 Å².